The molecule has 3 aromatic rings. The van der Waals surface area contributed by atoms with Gasteiger partial charge in [0.25, 0.3) is 5.91 Å². The molecule has 0 radical (unpaired) electrons. The number of carbonyl (C=O) groups is 2. The molecule has 5 heteroatoms. The minimum atomic E-state index is -0.538. The number of fused-ring (bicyclic) bond motifs is 2. The lowest BCUT2D eigenvalue weighted by molar-refractivity contribution is 0.0965. The molecular formula is C15H9N3O2. The molecule has 1 aromatic carbocycles. The Morgan fingerprint density at radius 2 is 1.70 bits per heavy atom. The van der Waals surface area contributed by atoms with Crippen LogP contribution in [0.1, 0.15) is 26.3 Å². The van der Waals surface area contributed by atoms with Gasteiger partial charge in [-0.05, 0) is 42.5 Å². The predicted octanol–water partition coefficient (Wildman–Crippen LogP) is 1.74. The van der Waals surface area contributed by atoms with Gasteiger partial charge in [-0.25, -0.2) is 0 Å². The molecule has 1 amide bonds. The number of primary amides is 1. The molecule has 2 aromatic heterocycles. The summed E-state index contributed by atoms with van der Waals surface area (Å²) < 4.78 is 1.48. The van der Waals surface area contributed by atoms with Crippen LogP contribution in [0.4, 0.5) is 0 Å². The van der Waals surface area contributed by atoms with Crippen LogP contribution in [0.15, 0.2) is 42.5 Å². The van der Waals surface area contributed by atoms with Gasteiger partial charge in [0.1, 0.15) is 6.07 Å². The quantitative estimate of drug-likeness (QED) is 0.763. The molecule has 2 bridgehead atoms. The third kappa shape index (κ3) is 1.63. The van der Waals surface area contributed by atoms with E-state index in [-0.39, 0.29) is 5.91 Å². The van der Waals surface area contributed by atoms with Gasteiger partial charge in [-0.3, -0.25) is 14.2 Å². The summed E-state index contributed by atoms with van der Waals surface area (Å²) >= 11 is 0. The highest BCUT2D eigenvalue weighted by Gasteiger charge is 2.18. The summed E-state index contributed by atoms with van der Waals surface area (Å²) in [6.45, 7) is 0. The first-order valence-corrected chi connectivity index (χ1v) is 5.90. The third-order valence-electron chi connectivity index (χ3n) is 3.22. The highest BCUT2D eigenvalue weighted by molar-refractivity contribution is 6.05. The molecule has 0 atom stereocenters. The average molecular weight is 263 g/mol. The van der Waals surface area contributed by atoms with Crippen molar-refractivity contribution in [1.29, 1.82) is 5.26 Å². The molecule has 2 heterocycles. The Hall–Kier alpha value is -3.13. The lowest BCUT2D eigenvalue weighted by Crippen LogP contribution is -2.13. The second-order valence-corrected chi connectivity index (χ2v) is 4.40. The Morgan fingerprint density at radius 1 is 1.05 bits per heavy atom. The number of hydrogen-bond donors (Lipinski definition) is 1. The monoisotopic (exact) mass is 263 g/mol. The summed E-state index contributed by atoms with van der Waals surface area (Å²) in [5, 5.41) is 8.98. The van der Waals surface area contributed by atoms with Gasteiger partial charge in [-0.15, -0.1) is 0 Å². The lowest BCUT2D eigenvalue weighted by Gasteiger charge is -2.03. The maximum atomic E-state index is 12.4. The van der Waals surface area contributed by atoms with Gasteiger partial charge in [-0.1, -0.05) is 0 Å². The minimum absolute atomic E-state index is 0.238. The first kappa shape index (κ1) is 11.9. The molecule has 0 spiro atoms. The summed E-state index contributed by atoms with van der Waals surface area (Å²) in [5.41, 5.74) is 7.68. The lowest BCUT2D eigenvalue weighted by atomic mass is 10.1. The van der Waals surface area contributed by atoms with Gasteiger partial charge in [0, 0.05) is 11.1 Å². The van der Waals surface area contributed by atoms with Crippen molar-refractivity contribution in [2.45, 2.75) is 0 Å². The zero-order valence-corrected chi connectivity index (χ0v) is 10.3. The molecule has 3 rings (SSSR count). The molecule has 0 unspecified atom stereocenters. The van der Waals surface area contributed by atoms with Crippen LogP contribution in [0.3, 0.4) is 0 Å². The van der Waals surface area contributed by atoms with Crippen molar-refractivity contribution >= 4 is 22.8 Å². The normalized spacial score (nSPS) is 10.6. The Balaban J connectivity index is 2.04. The third-order valence-corrected chi connectivity index (χ3v) is 3.22. The fourth-order valence-corrected chi connectivity index (χ4v) is 2.22. The molecule has 0 aliphatic rings. The maximum Gasteiger partial charge on any atom is 0.262 e. The van der Waals surface area contributed by atoms with Crippen LogP contribution in [0.25, 0.3) is 11.0 Å². The molecule has 96 valence electrons. The standard InChI is InChI=1S/C15H9N3O2/c16-8-11-7-12-5-6-13(11)18(12)15(20)10-3-1-9(2-4-10)14(17)19/h1-7H,(H2,17,19). The number of nitrogens with zero attached hydrogens (tertiary/aromatic N) is 2. The van der Waals surface area contributed by atoms with Gasteiger partial charge in [-0.2, -0.15) is 5.26 Å². The van der Waals surface area contributed by atoms with E-state index in [4.69, 9.17) is 11.0 Å². The molecule has 0 saturated heterocycles. The minimum Gasteiger partial charge on any atom is -0.366 e. The van der Waals surface area contributed by atoms with Gasteiger partial charge >= 0.3 is 0 Å². The second kappa shape index (κ2) is 4.21. The van der Waals surface area contributed by atoms with Gasteiger partial charge in [0.2, 0.25) is 5.91 Å². The van der Waals surface area contributed by atoms with Crippen LogP contribution in [-0.4, -0.2) is 16.4 Å². The number of amides is 1. The summed E-state index contributed by atoms with van der Waals surface area (Å²) in [4.78, 5) is 23.4. The van der Waals surface area contributed by atoms with Crippen LogP contribution in [0, 0.1) is 11.3 Å². The summed E-state index contributed by atoms with van der Waals surface area (Å²) in [6.07, 6.45) is 0. The number of nitriles is 1. The van der Waals surface area contributed by atoms with Gasteiger partial charge in [0.05, 0.1) is 16.6 Å². The zero-order valence-electron chi connectivity index (χ0n) is 10.3. The fourth-order valence-electron chi connectivity index (χ4n) is 2.22. The van der Waals surface area contributed by atoms with Crippen molar-refractivity contribution in [3.63, 3.8) is 0 Å². The predicted molar refractivity (Wildman–Crippen MR) is 72.5 cm³/mol. The first-order chi connectivity index (χ1) is 9.61. The van der Waals surface area contributed by atoms with Gasteiger partial charge in [0.15, 0.2) is 0 Å². The van der Waals surface area contributed by atoms with Crippen LogP contribution >= 0.6 is 0 Å². The van der Waals surface area contributed by atoms with Gasteiger partial charge < -0.3 is 5.73 Å². The van der Waals surface area contributed by atoms with E-state index in [1.165, 1.54) is 16.7 Å². The van der Waals surface area contributed by atoms with Crippen molar-refractivity contribution in [2.24, 2.45) is 5.73 Å². The van der Waals surface area contributed by atoms with E-state index in [9.17, 15) is 9.59 Å². The summed E-state index contributed by atoms with van der Waals surface area (Å²) in [5.74, 6) is -0.776. The van der Waals surface area contributed by atoms with Crippen LogP contribution < -0.4 is 5.73 Å². The Kier molecular flexibility index (Phi) is 2.51. The van der Waals surface area contributed by atoms with Crippen LogP contribution in [0.2, 0.25) is 0 Å². The van der Waals surface area contributed by atoms with Crippen LogP contribution in [0.5, 0.6) is 0 Å². The molecule has 2 N–H and O–H groups in total. The summed E-state index contributed by atoms with van der Waals surface area (Å²) in [6, 6.07) is 13.4. The van der Waals surface area contributed by atoms with Crippen molar-refractivity contribution in [3.05, 3.63) is 59.2 Å². The number of benzene rings is 2. The van der Waals surface area contributed by atoms with E-state index in [1.807, 2.05) is 0 Å². The van der Waals surface area contributed by atoms with Crippen molar-refractivity contribution in [2.75, 3.05) is 0 Å². The Labute approximate surface area is 114 Å². The molecule has 0 fully saturated rings. The molecule has 0 saturated carbocycles. The summed E-state index contributed by atoms with van der Waals surface area (Å²) in [7, 11) is 0. The first-order valence-electron chi connectivity index (χ1n) is 5.90. The van der Waals surface area contributed by atoms with E-state index < -0.39 is 5.91 Å². The van der Waals surface area contributed by atoms with Crippen molar-refractivity contribution < 1.29 is 9.59 Å². The van der Waals surface area contributed by atoms with E-state index in [0.29, 0.717) is 27.7 Å². The van der Waals surface area contributed by atoms with E-state index >= 15 is 0 Å². The van der Waals surface area contributed by atoms with E-state index in [1.54, 1.807) is 30.3 Å². The second-order valence-electron chi connectivity index (χ2n) is 4.40. The largest absolute Gasteiger partial charge is 0.366 e. The number of aromatic nitrogens is 1. The number of rotatable bonds is 2. The Bertz CT molecular complexity index is 853. The van der Waals surface area contributed by atoms with Crippen LogP contribution in [-0.2, 0) is 0 Å². The average Bonchev–Trinajstić information content (AvgIpc) is 3.03. The SMILES string of the molecule is N#Cc1cc2ccc1n2C(=O)c1ccc(C(N)=O)cc1. The molecular weight excluding hydrogens is 254 g/mol. The van der Waals surface area contributed by atoms with E-state index in [2.05, 4.69) is 6.07 Å². The zero-order chi connectivity index (χ0) is 14.3. The molecule has 0 aliphatic heterocycles. The highest BCUT2D eigenvalue weighted by atomic mass is 16.2. The fraction of sp³-hybridized carbons (Fsp3) is 0. The number of carbonyl (C=O) groups excluding carboxylic acids is 2. The van der Waals surface area contributed by atoms with E-state index in [0.717, 1.165) is 0 Å². The molecule has 5 nitrogen and oxygen atoms in total. The maximum absolute atomic E-state index is 12.4. The number of hydrogen-bond acceptors (Lipinski definition) is 3. The Morgan fingerprint density at radius 3 is 2.25 bits per heavy atom. The smallest absolute Gasteiger partial charge is 0.262 e. The molecule has 0 aliphatic carbocycles. The molecule has 20 heavy (non-hydrogen) atoms. The van der Waals surface area contributed by atoms with Crippen molar-refractivity contribution in [3.8, 4) is 6.07 Å². The van der Waals surface area contributed by atoms with Crippen molar-refractivity contribution in [1.82, 2.24) is 4.57 Å². The highest BCUT2D eigenvalue weighted by Crippen LogP contribution is 2.23. The topological polar surface area (TPSA) is 88.9 Å². The number of nitrogens with two attached hydrogens (primary N) is 1.